The maximum absolute atomic E-state index is 12.8. The third-order valence-electron chi connectivity index (χ3n) is 4.75. The van der Waals surface area contributed by atoms with Crippen LogP contribution in [0.3, 0.4) is 0 Å². The van der Waals surface area contributed by atoms with Gasteiger partial charge in [-0.25, -0.2) is 0 Å². The van der Waals surface area contributed by atoms with Crippen molar-refractivity contribution in [2.45, 2.75) is 39.7 Å². The Labute approximate surface area is 170 Å². The highest BCUT2D eigenvalue weighted by Gasteiger charge is 2.23. The molecule has 7 nitrogen and oxygen atoms in total. The number of aryl methyl sites for hydroxylation is 1. The number of carbonyl (C=O) groups excluding carboxylic acids is 2. The van der Waals surface area contributed by atoms with Crippen LogP contribution in [0.25, 0.3) is 5.65 Å². The van der Waals surface area contributed by atoms with Crippen LogP contribution in [0.1, 0.15) is 42.0 Å². The van der Waals surface area contributed by atoms with Crippen molar-refractivity contribution in [3.8, 4) is 0 Å². The summed E-state index contributed by atoms with van der Waals surface area (Å²) < 4.78 is 1.90. The summed E-state index contributed by atoms with van der Waals surface area (Å²) in [7, 11) is 0. The third-order valence-corrected chi connectivity index (χ3v) is 4.75. The van der Waals surface area contributed by atoms with E-state index in [1.807, 2.05) is 67.8 Å². The second-order valence-electron chi connectivity index (χ2n) is 7.56. The molecule has 3 rings (SSSR count). The van der Waals surface area contributed by atoms with Crippen LogP contribution in [-0.4, -0.2) is 39.0 Å². The Balaban J connectivity index is 1.61. The number of hydrogen-bond acceptors (Lipinski definition) is 4. The molecule has 0 aliphatic heterocycles. The van der Waals surface area contributed by atoms with Gasteiger partial charge in [0.2, 0.25) is 5.91 Å². The van der Waals surface area contributed by atoms with Crippen LogP contribution in [0.2, 0.25) is 0 Å². The van der Waals surface area contributed by atoms with Crippen molar-refractivity contribution >= 4 is 17.5 Å². The lowest BCUT2D eigenvalue weighted by molar-refractivity contribution is -0.123. The van der Waals surface area contributed by atoms with Crippen LogP contribution < -0.4 is 10.6 Å². The van der Waals surface area contributed by atoms with Crippen molar-refractivity contribution < 1.29 is 9.59 Å². The van der Waals surface area contributed by atoms with Gasteiger partial charge in [-0.15, -0.1) is 10.2 Å². The number of rotatable bonds is 8. The van der Waals surface area contributed by atoms with Gasteiger partial charge in [-0.3, -0.25) is 14.0 Å². The van der Waals surface area contributed by atoms with Crippen molar-refractivity contribution in [2.75, 3.05) is 6.54 Å². The predicted molar refractivity (Wildman–Crippen MR) is 112 cm³/mol. The summed E-state index contributed by atoms with van der Waals surface area (Å²) in [4.78, 5) is 25.4. The minimum atomic E-state index is -0.586. The molecule has 2 heterocycles. The van der Waals surface area contributed by atoms with Crippen LogP contribution in [0.4, 0.5) is 0 Å². The summed E-state index contributed by atoms with van der Waals surface area (Å²) in [5.74, 6) is 0.635. The Kier molecular flexibility index (Phi) is 6.59. The van der Waals surface area contributed by atoms with Crippen molar-refractivity contribution in [3.05, 3.63) is 65.6 Å². The number of aromatic nitrogens is 3. The Morgan fingerprint density at radius 1 is 1.07 bits per heavy atom. The number of fused-ring (bicyclic) bond motifs is 1. The predicted octanol–water partition coefficient (Wildman–Crippen LogP) is 2.54. The molecule has 29 heavy (non-hydrogen) atoms. The summed E-state index contributed by atoms with van der Waals surface area (Å²) in [6.45, 7) is 6.36. The molecular weight excluding hydrogens is 366 g/mol. The minimum absolute atomic E-state index is 0.186. The van der Waals surface area contributed by atoms with E-state index in [9.17, 15) is 9.59 Å². The molecule has 2 amide bonds. The van der Waals surface area contributed by atoms with E-state index in [1.165, 1.54) is 0 Å². The lowest BCUT2D eigenvalue weighted by atomic mass is 10.0. The maximum atomic E-state index is 12.8. The number of amides is 2. The Hall–Kier alpha value is -3.22. The molecule has 2 N–H and O–H groups in total. The minimum Gasteiger partial charge on any atom is -0.354 e. The SMILES string of the molecule is Cc1ccccc1C(=O)N[C@@H](CC(C)C)C(=O)NCCc1nnc2ccccn12. The molecule has 1 aromatic carbocycles. The van der Waals surface area contributed by atoms with Crippen molar-refractivity contribution in [2.24, 2.45) is 5.92 Å². The molecule has 0 unspecified atom stereocenters. The van der Waals surface area contributed by atoms with Gasteiger partial charge in [-0.2, -0.15) is 0 Å². The van der Waals surface area contributed by atoms with Crippen LogP contribution in [-0.2, 0) is 11.2 Å². The standard InChI is InChI=1S/C22H27N5O2/c1-15(2)14-18(24-21(28)17-9-5-4-8-16(17)3)22(29)23-12-11-20-26-25-19-10-6-7-13-27(19)20/h4-10,13,15,18H,11-12,14H2,1-3H3,(H,23,29)(H,24,28)/t18-/m0/s1. The van der Waals surface area contributed by atoms with E-state index in [-0.39, 0.29) is 17.7 Å². The smallest absolute Gasteiger partial charge is 0.252 e. The first kappa shape index (κ1) is 20.5. The van der Waals surface area contributed by atoms with Gasteiger partial charge >= 0.3 is 0 Å². The first-order chi connectivity index (χ1) is 14.0. The van der Waals surface area contributed by atoms with Gasteiger partial charge in [0.1, 0.15) is 11.9 Å². The number of carbonyl (C=O) groups is 2. The van der Waals surface area contributed by atoms with Gasteiger partial charge in [0, 0.05) is 24.7 Å². The van der Waals surface area contributed by atoms with E-state index in [2.05, 4.69) is 20.8 Å². The van der Waals surface area contributed by atoms with Crippen molar-refractivity contribution in [3.63, 3.8) is 0 Å². The van der Waals surface area contributed by atoms with E-state index < -0.39 is 6.04 Å². The number of pyridine rings is 1. The second kappa shape index (κ2) is 9.32. The van der Waals surface area contributed by atoms with Gasteiger partial charge in [0.25, 0.3) is 5.91 Å². The highest BCUT2D eigenvalue weighted by molar-refractivity contribution is 5.98. The summed E-state index contributed by atoms with van der Waals surface area (Å²) in [5, 5.41) is 14.1. The number of nitrogens with zero attached hydrogens (tertiary/aromatic N) is 3. The monoisotopic (exact) mass is 393 g/mol. The molecular formula is C22H27N5O2. The fourth-order valence-electron chi connectivity index (χ4n) is 3.25. The largest absolute Gasteiger partial charge is 0.354 e. The third kappa shape index (κ3) is 5.19. The van der Waals surface area contributed by atoms with E-state index >= 15 is 0 Å². The Bertz CT molecular complexity index is 996. The zero-order valence-corrected chi connectivity index (χ0v) is 17.1. The first-order valence-corrected chi connectivity index (χ1v) is 9.88. The zero-order chi connectivity index (χ0) is 20.8. The molecule has 2 aromatic heterocycles. The van der Waals surface area contributed by atoms with E-state index in [0.717, 1.165) is 17.0 Å². The highest BCUT2D eigenvalue weighted by atomic mass is 16.2. The van der Waals surface area contributed by atoms with Crippen LogP contribution in [0.15, 0.2) is 48.7 Å². The molecule has 0 spiro atoms. The maximum Gasteiger partial charge on any atom is 0.252 e. The van der Waals surface area contributed by atoms with E-state index in [4.69, 9.17) is 0 Å². The second-order valence-corrected chi connectivity index (χ2v) is 7.56. The number of nitrogens with one attached hydrogen (secondary N) is 2. The van der Waals surface area contributed by atoms with Gasteiger partial charge in [0.15, 0.2) is 5.65 Å². The van der Waals surface area contributed by atoms with Crippen LogP contribution in [0.5, 0.6) is 0 Å². The normalized spacial score (nSPS) is 12.1. The summed E-state index contributed by atoms with van der Waals surface area (Å²) in [5.41, 5.74) is 2.24. The van der Waals surface area contributed by atoms with Crippen LogP contribution in [0, 0.1) is 12.8 Å². The molecule has 0 saturated heterocycles. The molecule has 152 valence electrons. The summed E-state index contributed by atoms with van der Waals surface area (Å²) in [6, 6.07) is 12.5. The van der Waals surface area contributed by atoms with Gasteiger partial charge < -0.3 is 10.6 Å². The molecule has 1 atom stereocenters. The topological polar surface area (TPSA) is 88.4 Å². The van der Waals surface area contributed by atoms with E-state index in [1.54, 1.807) is 6.07 Å². The Morgan fingerprint density at radius 2 is 1.83 bits per heavy atom. The molecule has 0 bridgehead atoms. The van der Waals surface area contributed by atoms with Gasteiger partial charge in [-0.05, 0) is 43.0 Å². The number of hydrogen-bond donors (Lipinski definition) is 2. The fourth-order valence-corrected chi connectivity index (χ4v) is 3.25. The van der Waals surface area contributed by atoms with E-state index in [0.29, 0.717) is 24.9 Å². The zero-order valence-electron chi connectivity index (χ0n) is 17.1. The van der Waals surface area contributed by atoms with Crippen LogP contribution >= 0.6 is 0 Å². The van der Waals surface area contributed by atoms with Crippen molar-refractivity contribution in [1.29, 1.82) is 0 Å². The lowest BCUT2D eigenvalue weighted by Gasteiger charge is -2.20. The first-order valence-electron chi connectivity index (χ1n) is 9.88. The average Bonchev–Trinajstić information content (AvgIpc) is 3.10. The summed E-state index contributed by atoms with van der Waals surface area (Å²) in [6.07, 6.45) is 3.02. The molecule has 0 aliphatic rings. The van der Waals surface area contributed by atoms with Gasteiger partial charge in [-0.1, -0.05) is 38.1 Å². The molecule has 3 aromatic rings. The Morgan fingerprint density at radius 3 is 2.59 bits per heavy atom. The molecule has 7 heteroatoms. The summed E-state index contributed by atoms with van der Waals surface area (Å²) >= 11 is 0. The fraction of sp³-hybridized carbons (Fsp3) is 0.364. The molecule has 0 fully saturated rings. The number of benzene rings is 1. The van der Waals surface area contributed by atoms with Crippen molar-refractivity contribution in [1.82, 2.24) is 25.2 Å². The quantitative estimate of drug-likeness (QED) is 0.616. The highest BCUT2D eigenvalue weighted by Crippen LogP contribution is 2.10. The molecule has 0 saturated carbocycles. The molecule has 0 radical (unpaired) electrons. The average molecular weight is 393 g/mol. The van der Waals surface area contributed by atoms with Gasteiger partial charge in [0.05, 0.1) is 0 Å². The lowest BCUT2D eigenvalue weighted by Crippen LogP contribution is -2.48. The molecule has 0 aliphatic carbocycles.